The maximum atomic E-state index is 13.9. The van der Waals surface area contributed by atoms with Crippen LogP contribution in [-0.4, -0.2) is 129 Å². The number of β-lactam (4-membered cyclic amide) rings is 1. The highest BCUT2D eigenvalue weighted by atomic mass is 35.5. The van der Waals surface area contributed by atoms with Crippen LogP contribution in [0.25, 0.3) is 5.70 Å². The highest BCUT2D eigenvalue weighted by Gasteiger charge is 2.54. The normalized spacial score (nSPS) is 20.1. The van der Waals surface area contributed by atoms with E-state index in [1.807, 2.05) is 0 Å². The topological polar surface area (TPSA) is 259 Å². The molecule has 53 heavy (non-hydrogen) atoms. The number of aromatic nitrogens is 5. The van der Waals surface area contributed by atoms with Crippen LogP contribution >= 0.6 is 34.7 Å². The molecule has 0 unspecified atom stereocenters. The molecule has 18 nitrogen and oxygen atoms in total. The third-order valence-corrected chi connectivity index (χ3v) is 12.0. The predicted octanol–water partition coefficient (Wildman–Crippen LogP) is 2.22. The number of carbonyl (C=O) groups excluding carboxylic acids is 3. The van der Waals surface area contributed by atoms with E-state index in [4.69, 9.17) is 22.2 Å². The number of carbonyl (C=O) groups is 4. The summed E-state index contributed by atoms with van der Waals surface area (Å²) in [5.74, 6) is -3.61. The summed E-state index contributed by atoms with van der Waals surface area (Å²) in [5.41, 5.74) is 5.44. The molecule has 0 bridgehead atoms. The number of anilines is 1. The second kappa shape index (κ2) is 15.3. The Bertz CT molecular complexity index is 1980. The number of hydrogen-bond acceptors (Lipinski definition) is 15. The number of rotatable bonds is 14. The Morgan fingerprint density at radius 2 is 1.98 bits per heavy atom. The molecule has 6 rings (SSSR count). The number of carboxylic acids is 1. The molecule has 1 aromatic carbocycles. The number of phenols is 2. The first-order valence-electron chi connectivity index (χ1n) is 16.7. The van der Waals surface area contributed by atoms with Gasteiger partial charge in [-0.25, -0.2) is 9.78 Å². The minimum Gasteiger partial charge on any atom is -0.504 e. The van der Waals surface area contributed by atoms with E-state index in [1.165, 1.54) is 43.1 Å². The van der Waals surface area contributed by atoms with Crippen LogP contribution in [0.15, 0.2) is 28.2 Å². The Kier molecular flexibility index (Phi) is 10.9. The van der Waals surface area contributed by atoms with Crippen molar-refractivity contribution in [3.05, 3.63) is 45.2 Å². The lowest BCUT2D eigenvalue weighted by molar-refractivity contribution is -0.927. The number of benzene rings is 1. The number of thiazole rings is 1. The van der Waals surface area contributed by atoms with E-state index in [-0.39, 0.29) is 45.3 Å². The summed E-state index contributed by atoms with van der Waals surface area (Å²) in [5, 5.41) is 51.6. The first kappa shape index (κ1) is 38.0. The molecule has 282 valence electrons. The van der Waals surface area contributed by atoms with Crippen molar-refractivity contribution in [3.8, 4) is 11.5 Å². The number of carboxylic acid groups (broad SMARTS) is 1. The highest BCUT2D eigenvalue weighted by molar-refractivity contribution is 8.00. The van der Waals surface area contributed by atoms with Crippen LogP contribution < -0.4 is 11.1 Å². The standard InChI is InChI=1S/C32H37ClN10O8S2/c1-32(2,30(49)50)51-39-23(19-15-53-31(34)36-19)21(45)12-18-28(48)42-24(26-37-40-41-38-26)16(14-52-29(18)42)13-43(9-4-3-5-10-43)11-8-35-27(47)17-6-7-20(44)25(46)22(17)33/h6-7,15,18,29H,3-5,8-14H2,1-2H3,(H6-,34,35,36,37,38,39,40,41,44,45,46,47,49,50)/p+1/t18-,29-/m1/s1. The molecule has 2 amide bonds. The van der Waals surface area contributed by atoms with Gasteiger partial charge in [0.15, 0.2) is 28.1 Å². The molecule has 2 saturated heterocycles. The van der Waals surface area contributed by atoms with Crippen LogP contribution in [0.4, 0.5) is 5.13 Å². The second-order valence-corrected chi connectivity index (χ2v) is 15.9. The van der Waals surface area contributed by atoms with Crippen molar-refractivity contribution in [1.82, 2.24) is 35.8 Å². The van der Waals surface area contributed by atoms with Gasteiger partial charge in [0.2, 0.25) is 17.3 Å². The van der Waals surface area contributed by atoms with E-state index in [2.05, 4.69) is 36.1 Å². The third-order valence-electron chi connectivity index (χ3n) is 9.53. The third kappa shape index (κ3) is 7.80. The van der Waals surface area contributed by atoms with E-state index in [0.29, 0.717) is 35.6 Å². The number of piperidine rings is 1. The van der Waals surface area contributed by atoms with Crippen molar-refractivity contribution in [2.45, 2.75) is 50.5 Å². The summed E-state index contributed by atoms with van der Waals surface area (Å²) in [6.07, 6.45) is 2.78. The number of aromatic hydroxyl groups is 2. The number of Topliss-reactive ketones (excluding diaryl/α,β-unsaturated/α-hetero) is 1. The van der Waals surface area contributed by atoms with Crippen LogP contribution in [0.1, 0.15) is 61.4 Å². The van der Waals surface area contributed by atoms with E-state index in [0.717, 1.165) is 49.3 Å². The summed E-state index contributed by atoms with van der Waals surface area (Å²) >= 11 is 8.71. The van der Waals surface area contributed by atoms with Crippen molar-refractivity contribution in [1.29, 1.82) is 0 Å². The van der Waals surface area contributed by atoms with E-state index < -0.39 is 46.1 Å². The first-order chi connectivity index (χ1) is 25.2. The van der Waals surface area contributed by atoms with Crippen molar-refractivity contribution >= 4 is 74.8 Å². The summed E-state index contributed by atoms with van der Waals surface area (Å²) in [7, 11) is 0. The molecular formula is C32H38ClN10O8S2+. The van der Waals surface area contributed by atoms with Crippen molar-refractivity contribution in [3.63, 3.8) is 0 Å². The lowest BCUT2D eigenvalue weighted by Gasteiger charge is -2.51. The van der Waals surface area contributed by atoms with Crippen LogP contribution in [0.3, 0.4) is 0 Å². The number of aliphatic carboxylic acids is 1. The number of phenolic OH excluding ortho intramolecular Hbond substituents is 2. The number of nitrogen functional groups attached to an aromatic ring is 1. The molecule has 0 spiro atoms. The Labute approximate surface area is 316 Å². The van der Waals surface area contributed by atoms with Crippen LogP contribution in [0, 0.1) is 5.92 Å². The number of nitrogens with zero attached hydrogens (tertiary/aromatic N) is 7. The number of nitrogens with one attached hydrogen (secondary N) is 2. The molecule has 0 aliphatic carbocycles. The number of oxime groups is 1. The van der Waals surface area contributed by atoms with Gasteiger partial charge in [0, 0.05) is 23.1 Å². The molecule has 3 aliphatic rings. The number of likely N-dealkylation sites (tertiary alicyclic amines) is 1. The molecule has 7 N–H and O–H groups in total. The molecule has 0 saturated carbocycles. The quantitative estimate of drug-likeness (QED) is 0.0450. The van der Waals surface area contributed by atoms with Crippen LogP contribution in [0.5, 0.6) is 11.5 Å². The summed E-state index contributed by atoms with van der Waals surface area (Å²) in [6.45, 7) is 5.67. The Morgan fingerprint density at radius 1 is 1.23 bits per heavy atom. The van der Waals surface area contributed by atoms with E-state index in [9.17, 15) is 34.5 Å². The van der Waals surface area contributed by atoms with Crippen molar-refractivity contribution < 1.29 is 43.8 Å². The molecule has 0 radical (unpaired) electrons. The number of halogens is 1. The van der Waals surface area contributed by atoms with Gasteiger partial charge < -0.3 is 35.7 Å². The number of nitrogens with two attached hydrogens (primary N) is 1. The van der Waals surface area contributed by atoms with Gasteiger partial charge in [-0.15, -0.1) is 33.3 Å². The SMILES string of the molecule is CC(C)(O/N=C(\C(=O)C[C@@H]1C(=O)N2C(c3nn[nH]n3)=C(C[N+]3(CCNC(=O)c4ccc(O)c(O)c4Cl)CCCCC3)CS[C@H]12)c1csc(N)n1)C(=O)O. The van der Waals surface area contributed by atoms with Crippen molar-refractivity contribution in [2.75, 3.05) is 44.2 Å². The van der Waals surface area contributed by atoms with Gasteiger partial charge >= 0.3 is 5.97 Å². The molecule has 5 heterocycles. The number of thioether (sulfide) groups is 1. The van der Waals surface area contributed by atoms with Crippen LogP contribution in [0.2, 0.25) is 5.02 Å². The zero-order chi connectivity index (χ0) is 38.1. The average Bonchev–Trinajstić information content (AvgIpc) is 3.82. The molecule has 3 aliphatic heterocycles. The number of H-pyrrole nitrogens is 1. The molecular weight excluding hydrogens is 752 g/mol. The molecule has 2 fully saturated rings. The molecule has 2 aromatic heterocycles. The zero-order valence-electron chi connectivity index (χ0n) is 28.7. The Balaban J connectivity index is 1.21. The van der Waals surface area contributed by atoms with Gasteiger partial charge in [-0.1, -0.05) is 16.8 Å². The van der Waals surface area contributed by atoms with Gasteiger partial charge in [-0.3, -0.25) is 19.3 Å². The maximum absolute atomic E-state index is 13.9. The second-order valence-electron chi connectivity index (χ2n) is 13.5. The number of tetrazole rings is 1. The average molecular weight is 790 g/mol. The van der Waals surface area contributed by atoms with Gasteiger partial charge in [0.05, 0.1) is 53.8 Å². The van der Waals surface area contributed by atoms with Crippen LogP contribution in [-0.2, 0) is 19.2 Å². The number of hydrogen-bond donors (Lipinski definition) is 6. The number of aromatic amines is 1. The molecule has 21 heteroatoms. The fourth-order valence-corrected chi connectivity index (χ4v) is 8.82. The summed E-state index contributed by atoms with van der Waals surface area (Å²) < 4.78 is 0.629. The summed E-state index contributed by atoms with van der Waals surface area (Å²) in [6, 6.07) is 2.55. The Morgan fingerprint density at radius 3 is 2.64 bits per heavy atom. The highest BCUT2D eigenvalue weighted by Crippen LogP contribution is 2.48. The fraction of sp³-hybridized carbons (Fsp3) is 0.469. The zero-order valence-corrected chi connectivity index (χ0v) is 31.1. The monoisotopic (exact) mass is 789 g/mol. The number of quaternary nitrogens is 1. The predicted molar refractivity (Wildman–Crippen MR) is 194 cm³/mol. The van der Waals surface area contributed by atoms with Gasteiger partial charge in [0.1, 0.15) is 12.2 Å². The van der Waals surface area contributed by atoms with E-state index in [1.54, 1.807) is 4.90 Å². The van der Waals surface area contributed by atoms with Crippen molar-refractivity contribution in [2.24, 2.45) is 11.1 Å². The summed E-state index contributed by atoms with van der Waals surface area (Å²) in [4.78, 5) is 63.2. The fourth-order valence-electron chi connectivity index (χ4n) is 6.63. The first-order valence-corrected chi connectivity index (χ1v) is 19.0. The largest absolute Gasteiger partial charge is 0.504 e. The number of amides is 2. The minimum atomic E-state index is -1.74. The minimum absolute atomic E-state index is 0.0408. The van der Waals surface area contributed by atoms with Gasteiger partial charge in [-0.05, 0) is 50.5 Å². The smallest absolute Gasteiger partial charge is 0.350 e. The van der Waals surface area contributed by atoms with E-state index >= 15 is 0 Å². The lowest BCUT2D eigenvalue weighted by atomic mass is 9.88. The number of ketones is 1. The maximum Gasteiger partial charge on any atom is 0.350 e. The van der Waals surface area contributed by atoms with Gasteiger partial charge in [0.25, 0.3) is 5.91 Å². The number of fused-ring (bicyclic) bond motifs is 1. The molecule has 2 atom stereocenters. The molecule has 3 aromatic rings. The Hall–Kier alpha value is -4.79. The van der Waals surface area contributed by atoms with Gasteiger partial charge in [-0.2, -0.15) is 5.21 Å². The lowest BCUT2D eigenvalue weighted by Crippen LogP contribution is -2.62.